The molecule has 0 atom stereocenters. The largest absolute Gasteiger partial charge is 0.307 e. The Labute approximate surface area is 183 Å². The topological polar surface area (TPSA) is 72.7 Å². The van der Waals surface area contributed by atoms with Crippen LogP contribution in [0.25, 0.3) is 32.7 Å². The number of rotatable bonds is 4. The Bertz CT molecular complexity index is 1410. The van der Waals surface area contributed by atoms with E-state index in [1.807, 2.05) is 67.9 Å². The summed E-state index contributed by atoms with van der Waals surface area (Å²) in [6.45, 7) is 2.05. The molecule has 0 aliphatic rings. The number of aromatic nitrogens is 4. The zero-order valence-corrected chi connectivity index (χ0v) is 17.9. The van der Waals surface area contributed by atoms with Gasteiger partial charge in [0.1, 0.15) is 10.8 Å². The van der Waals surface area contributed by atoms with Crippen LogP contribution >= 0.6 is 11.3 Å². The molecule has 0 fully saturated rings. The van der Waals surface area contributed by atoms with Crippen molar-refractivity contribution in [1.29, 1.82) is 0 Å². The van der Waals surface area contributed by atoms with Gasteiger partial charge >= 0.3 is 0 Å². The lowest BCUT2D eigenvalue weighted by Gasteiger charge is -2.06. The summed E-state index contributed by atoms with van der Waals surface area (Å²) >= 11 is 1.57. The van der Waals surface area contributed by atoms with Gasteiger partial charge in [-0.1, -0.05) is 30.3 Å². The third kappa shape index (κ3) is 3.71. The maximum Gasteiger partial charge on any atom is 0.256 e. The number of thiazole rings is 1. The first-order valence-electron chi connectivity index (χ1n) is 9.79. The molecule has 5 aromatic rings. The Balaban J connectivity index is 1.40. The van der Waals surface area contributed by atoms with Crippen molar-refractivity contribution in [3.05, 3.63) is 83.5 Å². The minimum absolute atomic E-state index is 0.202. The van der Waals surface area contributed by atoms with Crippen LogP contribution in [-0.2, 0) is 7.05 Å². The summed E-state index contributed by atoms with van der Waals surface area (Å²) < 4.78 is 1.68. The number of pyridine rings is 1. The van der Waals surface area contributed by atoms with E-state index in [0.29, 0.717) is 11.4 Å². The summed E-state index contributed by atoms with van der Waals surface area (Å²) in [4.78, 5) is 21.7. The molecule has 6 nitrogen and oxygen atoms in total. The highest BCUT2D eigenvalue weighted by Crippen LogP contribution is 2.26. The molecule has 1 amide bonds. The molecular formula is C24H19N5OS. The second-order valence-electron chi connectivity index (χ2n) is 7.28. The zero-order chi connectivity index (χ0) is 21.4. The van der Waals surface area contributed by atoms with Crippen LogP contribution < -0.4 is 5.32 Å². The molecule has 0 saturated heterocycles. The predicted molar refractivity (Wildman–Crippen MR) is 124 cm³/mol. The van der Waals surface area contributed by atoms with E-state index in [4.69, 9.17) is 0 Å². The van der Waals surface area contributed by atoms with Crippen LogP contribution in [0.5, 0.6) is 0 Å². The van der Waals surface area contributed by atoms with Gasteiger partial charge < -0.3 is 5.32 Å². The van der Waals surface area contributed by atoms with E-state index in [0.717, 1.165) is 38.3 Å². The van der Waals surface area contributed by atoms with Gasteiger partial charge in [-0.15, -0.1) is 11.3 Å². The van der Waals surface area contributed by atoms with Crippen molar-refractivity contribution in [3.63, 3.8) is 0 Å². The third-order valence-corrected chi connectivity index (χ3v) is 5.99. The number of aryl methyl sites for hydroxylation is 2. The van der Waals surface area contributed by atoms with Crippen molar-refractivity contribution >= 4 is 34.0 Å². The molecule has 31 heavy (non-hydrogen) atoms. The average Bonchev–Trinajstić information content (AvgIpc) is 3.44. The average molecular weight is 426 g/mol. The van der Waals surface area contributed by atoms with Crippen LogP contribution in [0, 0.1) is 6.92 Å². The maximum absolute atomic E-state index is 12.9. The van der Waals surface area contributed by atoms with Crippen LogP contribution in [0.15, 0.2) is 72.4 Å². The molecule has 0 aliphatic heterocycles. The number of anilines is 1. The zero-order valence-electron chi connectivity index (χ0n) is 17.0. The van der Waals surface area contributed by atoms with Crippen molar-refractivity contribution in [3.8, 4) is 21.8 Å². The molecule has 0 radical (unpaired) electrons. The Morgan fingerprint density at radius 1 is 1.06 bits per heavy atom. The van der Waals surface area contributed by atoms with Gasteiger partial charge in [0.25, 0.3) is 5.91 Å². The number of benzene rings is 2. The number of nitrogens with one attached hydrogen (secondary N) is 1. The van der Waals surface area contributed by atoms with E-state index in [2.05, 4.69) is 20.4 Å². The molecule has 0 spiro atoms. The van der Waals surface area contributed by atoms with E-state index in [1.165, 1.54) is 0 Å². The number of nitrogens with zero attached hydrogens (tertiary/aromatic N) is 4. The summed E-state index contributed by atoms with van der Waals surface area (Å²) in [6.07, 6.45) is 3.57. The molecular weight excluding hydrogens is 406 g/mol. The smallest absolute Gasteiger partial charge is 0.256 e. The normalized spacial score (nSPS) is 11.0. The number of carbonyl (C=O) groups is 1. The number of carbonyl (C=O) groups excluding carboxylic acids is 1. The van der Waals surface area contributed by atoms with Crippen LogP contribution in [0.3, 0.4) is 0 Å². The molecule has 5 rings (SSSR count). The molecule has 2 aromatic carbocycles. The van der Waals surface area contributed by atoms with Gasteiger partial charge in [0.05, 0.1) is 11.2 Å². The Hall–Kier alpha value is -3.84. The van der Waals surface area contributed by atoms with Gasteiger partial charge in [-0.25, -0.2) is 4.98 Å². The Morgan fingerprint density at radius 2 is 1.94 bits per heavy atom. The summed E-state index contributed by atoms with van der Waals surface area (Å²) in [5.74, 6) is 0.433. The van der Waals surface area contributed by atoms with Crippen molar-refractivity contribution < 1.29 is 4.79 Å². The minimum atomic E-state index is -0.202. The van der Waals surface area contributed by atoms with Gasteiger partial charge in [0, 0.05) is 53.0 Å². The highest BCUT2D eigenvalue weighted by molar-refractivity contribution is 7.13. The van der Waals surface area contributed by atoms with Crippen molar-refractivity contribution in [2.45, 2.75) is 6.92 Å². The second kappa shape index (κ2) is 7.77. The van der Waals surface area contributed by atoms with Crippen molar-refractivity contribution in [1.82, 2.24) is 19.7 Å². The molecule has 0 aliphatic carbocycles. The summed E-state index contributed by atoms with van der Waals surface area (Å²) in [5.41, 5.74) is 5.28. The molecule has 0 bridgehead atoms. The van der Waals surface area contributed by atoms with E-state index in [1.54, 1.807) is 34.5 Å². The molecule has 0 unspecified atom stereocenters. The lowest BCUT2D eigenvalue weighted by molar-refractivity contribution is 0.102. The predicted octanol–water partition coefficient (Wildman–Crippen LogP) is 5.32. The molecule has 152 valence electrons. The van der Waals surface area contributed by atoms with Crippen molar-refractivity contribution in [2.75, 3.05) is 5.32 Å². The lowest BCUT2D eigenvalue weighted by atomic mass is 10.1. The van der Waals surface area contributed by atoms with Crippen LogP contribution in [0.4, 0.5) is 5.82 Å². The Morgan fingerprint density at radius 3 is 2.74 bits per heavy atom. The number of amides is 1. The molecule has 0 saturated carbocycles. The quantitative estimate of drug-likeness (QED) is 0.423. The first-order valence-corrected chi connectivity index (χ1v) is 10.7. The van der Waals surface area contributed by atoms with Gasteiger partial charge in [-0.05, 0) is 30.7 Å². The summed E-state index contributed by atoms with van der Waals surface area (Å²) in [5, 5.41) is 11.3. The van der Waals surface area contributed by atoms with Crippen molar-refractivity contribution in [2.24, 2.45) is 7.05 Å². The lowest BCUT2D eigenvalue weighted by Crippen LogP contribution is -2.14. The standard InChI is InChI=1S/C24H19N5OS/c1-15-5-3-4-6-19(15)21-13-22(29(2)28-21)27-23(30)17-8-7-16-11-18(14-26-20(16)12-17)24-25-9-10-31-24/h3-14H,1-2H3,(H,27,30). The molecule has 1 N–H and O–H groups in total. The summed E-state index contributed by atoms with van der Waals surface area (Å²) in [6, 6.07) is 17.5. The first-order chi connectivity index (χ1) is 15.1. The monoisotopic (exact) mass is 425 g/mol. The molecule has 7 heteroatoms. The van der Waals surface area contributed by atoms with E-state index < -0.39 is 0 Å². The highest BCUT2D eigenvalue weighted by Gasteiger charge is 2.14. The minimum Gasteiger partial charge on any atom is -0.307 e. The fourth-order valence-corrected chi connectivity index (χ4v) is 4.13. The first kappa shape index (κ1) is 19.1. The number of hydrogen-bond acceptors (Lipinski definition) is 5. The maximum atomic E-state index is 12.9. The molecule has 3 aromatic heterocycles. The fraction of sp³-hybridized carbons (Fsp3) is 0.0833. The van der Waals surface area contributed by atoms with E-state index >= 15 is 0 Å². The number of fused-ring (bicyclic) bond motifs is 1. The Kier molecular flexibility index (Phi) is 4.80. The van der Waals surface area contributed by atoms with Gasteiger partial charge in [0.2, 0.25) is 0 Å². The van der Waals surface area contributed by atoms with Crippen LogP contribution in [-0.4, -0.2) is 25.7 Å². The summed E-state index contributed by atoms with van der Waals surface area (Å²) in [7, 11) is 1.82. The molecule has 3 heterocycles. The van der Waals surface area contributed by atoms with E-state index in [-0.39, 0.29) is 5.91 Å². The van der Waals surface area contributed by atoms with Crippen LogP contribution in [0.2, 0.25) is 0 Å². The fourth-order valence-electron chi connectivity index (χ4n) is 3.51. The van der Waals surface area contributed by atoms with Crippen LogP contribution in [0.1, 0.15) is 15.9 Å². The van der Waals surface area contributed by atoms with E-state index in [9.17, 15) is 4.79 Å². The highest BCUT2D eigenvalue weighted by atomic mass is 32.1. The van der Waals surface area contributed by atoms with Gasteiger partial charge in [-0.2, -0.15) is 5.10 Å². The number of hydrogen-bond donors (Lipinski definition) is 1. The third-order valence-electron chi connectivity index (χ3n) is 5.17. The SMILES string of the molecule is Cc1ccccc1-c1cc(NC(=O)c2ccc3cc(-c4nccs4)cnc3c2)n(C)n1. The van der Waals surface area contributed by atoms with Gasteiger partial charge in [0.15, 0.2) is 0 Å². The second-order valence-corrected chi connectivity index (χ2v) is 8.17. The van der Waals surface area contributed by atoms with Gasteiger partial charge in [-0.3, -0.25) is 14.5 Å².